The van der Waals surface area contributed by atoms with Gasteiger partial charge in [-0.05, 0) is 74.8 Å². The lowest BCUT2D eigenvalue weighted by molar-refractivity contribution is -0.162. The second kappa shape index (κ2) is 38.0. The van der Waals surface area contributed by atoms with Crippen LogP contribution in [-0.4, -0.2) is 103 Å². The first-order valence-electron chi connectivity index (χ1n) is 26.3. The molecule has 0 aliphatic carbocycles. The van der Waals surface area contributed by atoms with Crippen LogP contribution in [0.1, 0.15) is 160 Å². The molecule has 0 spiro atoms. The van der Waals surface area contributed by atoms with Gasteiger partial charge in [-0.2, -0.15) is 0 Å². The summed E-state index contributed by atoms with van der Waals surface area (Å²) in [5.41, 5.74) is 1.88. The zero-order chi connectivity index (χ0) is 48.8. The number of benzene rings is 2. The van der Waals surface area contributed by atoms with Gasteiger partial charge in [0.25, 0.3) is 0 Å². The lowest BCUT2D eigenvalue weighted by Crippen LogP contribution is -2.37. The number of unbranched alkanes of at least 4 members (excludes halogenated alkanes) is 14. The highest BCUT2D eigenvalue weighted by Crippen LogP contribution is 2.39. The van der Waals surface area contributed by atoms with Crippen molar-refractivity contribution >= 4 is 23.9 Å². The quantitative estimate of drug-likeness (QED) is 0.0270. The molecule has 3 rings (SSSR count). The molecule has 68 heavy (non-hydrogen) atoms. The average molecular weight is 953 g/mol. The molecule has 12 heteroatoms. The van der Waals surface area contributed by atoms with Gasteiger partial charge in [-0.1, -0.05) is 152 Å². The van der Waals surface area contributed by atoms with Crippen molar-refractivity contribution in [3.8, 4) is 0 Å². The molecule has 4 atom stereocenters. The van der Waals surface area contributed by atoms with Crippen molar-refractivity contribution in [2.75, 3.05) is 72.7 Å². The third-order valence-electron chi connectivity index (χ3n) is 12.7. The smallest absolute Gasteiger partial charge is 0.309 e. The van der Waals surface area contributed by atoms with Crippen molar-refractivity contribution in [1.29, 1.82) is 0 Å². The van der Waals surface area contributed by atoms with E-state index < -0.39 is 41.1 Å². The number of hydrogen-bond donors (Lipinski definition) is 0. The summed E-state index contributed by atoms with van der Waals surface area (Å²) in [7, 11) is 0. The molecule has 12 nitrogen and oxygen atoms in total. The van der Waals surface area contributed by atoms with Crippen molar-refractivity contribution in [2.24, 2.45) is 17.3 Å². The van der Waals surface area contributed by atoms with Gasteiger partial charge in [-0.25, -0.2) is 0 Å². The molecular formula is C56H88O12. The summed E-state index contributed by atoms with van der Waals surface area (Å²) in [6.45, 7) is 9.39. The van der Waals surface area contributed by atoms with Crippen LogP contribution in [0.15, 0.2) is 60.7 Å². The first-order valence-corrected chi connectivity index (χ1v) is 26.3. The highest BCUT2D eigenvalue weighted by Gasteiger charge is 2.41. The molecule has 1 fully saturated rings. The second-order valence-corrected chi connectivity index (χ2v) is 18.8. The Morgan fingerprint density at radius 1 is 0.559 bits per heavy atom. The van der Waals surface area contributed by atoms with Crippen LogP contribution < -0.4 is 0 Å². The number of ether oxygens (including phenoxy) is 8. The summed E-state index contributed by atoms with van der Waals surface area (Å²) >= 11 is 0. The zero-order valence-electron chi connectivity index (χ0n) is 42.2. The fraction of sp³-hybridized carbons (Fsp3) is 0.714. The average Bonchev–Trinajstić information content (AvgIpc) is 4.19. The fourth-order valence-electron chi connectivity index (χ4n) is 8.30. The predicted octanol–water partition coefficient (Wildman–Crippen LogP) is 11.2. The van der Waals surface area contributed by atoms with E-state index in [2.05, 4.69) is 60.7 Å². The summed E-state index contributed by atoms with van der Waals surface area (Å²) in [5, 5.41) is 0. The molecule has 2 aromatic rings. The molecule has 0 N–H and O–H groups in total. The Balaban J connectivity index is 1.48. The maximum atomic E-state index is 14.0. The lowest BCUT2D eigenvalue weighted by atomic mass is 9.72. The minimum absolute atomic E-state index is 0.00261. The monoisotopic (exact) mass is 953 g/mol. The molecule has 2 aromatic carbocycles. The summed E-state index contributed by atoms with van der Waals surface area (Å²) in [4.78, 5) is 53.8. The topological polar surface area (TPSA) is 145 Å². The van der Waals surface area contributed by atoms with Gasteiger partial charge < -0.3 is 37.9 Å². The summed E-state index contributed by atoms with van der Waals surface area (Å²) in [6, 6.07) is 21.2. The Labute approximate surface area is 409 Å². The standard InChI is InChI=1S/C56H88O12/c1-4-61-37-38-62-39-40-63-41-42-64-52(57)33-34-56(3,44-53(58)68-46-50-45-67-50)43-51(55(60)66-36-26-16-12-8-6-10-14-20-28-49-31-23-18-24-32-49)47(2)54(59)65-35-25-15-11-7-5-9-13-19-27-48-29-21-17-22-30-48/h17-18,21-24,29-32,47,50-51H,4-16,19-20,25-28,33-46H2,1-3H3. The van der Waals surface area contributed by atoms with Crippen LogP contribution in [0.5, 0.6) is 0 Å². The highest BCUT2D eigenvalue weighted by molar-refractivity contribution is 5.82. The summed E-state index contributed by atoms with van der Waals surface area (Å²) < 4.78 is 44.1. The second-order valence-electron chi connectivity index (χ2n) is 18.8. The summed E-state index contributed by atoms with van der Waals surface area (Å²) in [6.07, 6.45) is 19.9. The fourth-order valence-corrected chi connectivity index (χ4v) is 8.30. The van der Waals surface area contributed by atoms with E-state index in [4.69, 9.17) is 37.9 Å². The molecule has 1 heterocycles. The van der Waals surface area contributed by atoms with Gasteiger partial charge in [0.15, 0.2) is 0 Å². The largest absolute Gasteiger partial charge is 0.465 e. The first-order chi connectivity index (χ1) is 33.2. The lowest BCUT2D eigenvalue weighted by Gasteiger charge is -2.33. The van der Waals surface area contributed by atoms with Gasteiger partial charge in [0.05, 0.1) is 71.1 Å². The normalized spacial score (nSPS) is 15.0. The molecule has 1 saturated heterocycles. The van der Waals surface area contributed by atoms with E-state index in [0.29, 0.717) is 39.6 Å². The molecule has 0 amide bonds. The molecule has 384 valence electrons. The SMILES string of the molecule is CCOCCOCCOCCOC(=O)CCC(C)(CC(=O)OCC1CO1)CC(C(=O)OCCCCCCCCCCc1ccccc1)C(C)C(=O)OCCCCCCCCCCc1ccccc1. The number of rotatable bonds is 44. The van der Waals surface area contributed by atoms with E-state index in [9.17, 15) is 19.2 Å². The number of aryl methyl sites for hydroxylation is 2. The Hall–Kier alpha value is -3.84. The van der Waals surface area contributed by atoms with Gasteiger partial charge in [0, 0.05) is 13.0 Å². The van der Waals surface area contributed by atoms with Crippen LogP contribution in [0.25, 0.3) is 0 Å². The van der Waals surface area contributed by atoms with Crippen LogP contribution in [0.2, 0.25) is 0 Å². The first kappa shape index (κ1) is 58.5. The van der Waals surface area contributed by atoms with Crippen molar-refractivity contribution in [3.05, 3.63) is 71.8 Å². The Morgan fingerprint density at radius 3 is 1.51 bits per heavy atom. The number of epoxide rings is 1. The number of hydrogen-bond acceptors (Lipinski definition) is 12. The number of esters is 4. The van der Waals surface area contributed by atoms with E-state index in [1.165, 1.54) is 62.5 Å². The Bertz CT molecular complexity index is 1580. The van der Waals surface area contributed by atoms with E-state index in [1.54, 1.807) is 6.92 Å². The third kappa shape index (κ3) is 29.9. The van der Waals surface area contributed by atoms with Crippen molar-refractivity contribution in [1.82, 2.24) is 0 Å². The molecule has 0 aromatic heterocycles. The maximum Gasteiger partial charge on any atom is 0.309 e. The Kier molecular flexibility index (Phi) is 32.7. The molecule has 1 aliphatic rings. The number of carbonyl (C=O) groups excluding carboxylic acids is 4. The summed E-state index contributed by atoms with van der Waals surface area (Å²) in [5.74, 6) is -3.60. The van der Waals surface area contributed by atoms with Crippen molar-refractivity contribution in [3.63, 3.8) is 0 Å². The molecule has 0 bridgehead atoms. The molecule has 0 saturated carbocycles. The highest BCUT2D eigenvalue weighted by atomic mass is 16.6. The van der Waals surface area contributed by atoms with E-state index in [1.807, 2.05) is 13.8 Å². The molecule has 1 aliphatic heterocycles. The molecule has 4 unspecified atom stereocenters. The van der Waals surface area contributed by atoms with Crippen LogP contribution in [-0.2, 0) is 69.9 Å². The minimum Gasteiger partial charge on any atom is -0.465 e. The van der Waals surface area contributed by atoms with Gasteiger partial charge in [-0.15, -0.1) is 0 Å². The van der Waals surface area contributed by atoms with Crippen LogP contribution in [0, 0.1) is 17.3 Å². The third-order valence-corrected chi connectivity index (χ3v) is 12.7. The Morgan fingerprint density at radius 2 is 1.01 bits per heavy atom. The molecular weight excluding hydrogens is 865 g/mol. The van der Waals surface area contributed by atoms with Gasteiger partial charge in [-0.3, -0.25) is 19.2 Å². The van der Waals surface area contributed by atoms with Gasteiger partial charge in [0.2, 0.25) is 0 Å². The maximum absolute atomic E-state index is 14.0. The van der Waals surface area contributed by atoms with Gasteiger partial charge in [0.1, 0.15) is 19.3 Å². The van der Waals surface area contributed by atoms with E-state index in [-0.39, 0.29) is 64.8 Å². The molecule has 0 radical (unpaired) electrons. The predicted molar refractivity (Wildman–Crippen MR) is 265 cm³/mol. The zero-order valence-corrected chi connectivity index (χ0v) is 42.2. The van der Waals surface area contributed by atoms with Crippen molar-refractivity contribution < 1.29 is 57.1 Å². The van der Waals surface area contributed by atoms with Gasteiger partial charge >= 0.3 is 23.9 Å². The van der Waals surface area contributed by atoms with Crippen LogP contribution >= 0.6 is 0 Å². The van der Waals surface area contributed by atoms with Crippen LogP contribution in [0.4, 0.5) is 0 Å². The van der Waals surface area contributed by atoms with Crippen LogP contribution in [0.3, 0.4) is 0 Å². The minimum atomic E-state index is -0.906. The van der Waals surface area contributed by atoms with Crippen molar-refractivity contribution in [2.45, 2.75) is 168 Å². The van der Waals surface area contributed by atoms with E-state index in [0.717, 1.165) is 64.2 Å². The number of carbonyl (C=O) groups is 4. The van der Waals surface area contributed by atoms with E-state index >= 15 is 0 Å².